The summed E-state index contributed by atoms with van der Waals surface area (Å²) in [6.07, 6.45) is 2.07. The number of benzene rings is 4. The van der Waals surface area contributed by atoms with E-state index in [0.717, 1.165) is 32.7 Å². The van der Waals surface area contributed by atoms with Crippen molar-refractivity contribution in [3.63, 3.8) is 0 Å². The number of hydrazone groups is 1. The van der Waals surface area contributed by atoms with Crippen molar-refractivity contribution in [3.05, 3.63) is 95.1 Å². The highest BCUT2D eigenvalue weighted by Gasteiger charge is 2.16. The van der Waals surface area contributed by atoms with Gasteiger partial charge in [0.25, 0.3) is 0 Å². The molecule has 0 N–H and O–H groups in total. The van der Waals surface area contributed by atoms with Gasteiger partial charge >= 0.3 is 0 Å². The van der Waals surface area contributed by atoms with E-state index in [1.165, 1.54) is 43.8 Å². The quantitative estimate of drug-likeness (QED) is 0.316. The Morgan fingerprint density at radius 2 is 1.42 bits per heavy atom. The van der Waals surface area contributed by atoms with Gasteiger partial charge < -0.3 is 0 Å². The third kappa shape index (κ3) is 4.19. The Hall–Kier alpha value is -3.17. The first-order valence-electron chi connectivity index (χ1n) is 11.2. The normalized spacial score (nSPS) is 15.4. The number of nitrogens with zero attached hydrogens (tertiary/aromatic N) is 3. The van der Waals surface area contributed by atoms with E-state index < -0.39 is 0 Å². The number of hydrogen-bond acceptors (Lipinski definition) is 3. The van der Waals surface area contributed by atoms with Crippen LogP contribution in [0.3, 0.4) is 0 Å². The topological polar surface area (TPSA) is 18.8 Å². The molecule has 1 aliphatic heterocycles. The smallest absolute Gasteiger partial charge is 0.0555 e. The van der Waals surface area contributed by atoms with Crippen LogP contribution in [0.5, 0.6) is 0 Å². The molecule has 0 unspecified atom stereocenters. The lowest BCUT2D eigenvalue weighted by molar-refractivity contribution is 0.131. The van der Waals surface area contributed by atoms with Crippen LogP contribution in [0.4, 0.5) is 0 Å². The second-order valence-electron chi connectivity index (χ2n) is 8.64. The van der Waals surface area contributed by atoms with E-state index in [0.29, 0.717) is 0 Å². The van der Waals surface area contributed by atoms with Gasteiger partial charge in [-0.1, -0.05) is 72.3 Å². The Labute approximate surface area is 184 Å². The molecule has 156 valence electrons. The standard InChI is InChI=1S/C28H29N3/c1-21-11-12-25(22(2)17-21)20-30-13-15-31(16-14-30)29-19-28-26-9-5-3-7-23(26)18-24-8-4-6-10-27(24)28/h3-12,17-19H,13-16,20H2,1-2H3/b29-19-. The highest BCUT2D eigenvalue weighted by Crippen LogP contribution is 2.27. The van der Waals surface area contributed by atoms with Gasteiger partial charge in [-0.05, 0) is 52.6 Å². The lowest BCUT2D eigenvalue weighted by atomic mass is 9.97. The summed E-state index contributed by atoms with van der Waals surface area (Å²) in [5.41, 5.74) is 5.38. The number of rotatable bonds is 4. The Morgan fingerprint density at radius 1 is 0.774 bits per heavy atom. The molecule has 0 spiro atoms. The molecular weight excluding hydrogens is 378 g/mol. The predicted octanol–water partition coefficient (Wildman–Crippen LogP) is 5.76. The van der Waals surface area contributed by atoms with Crippen molar-refractivity contribution in [2.24, 2.45) is 5.10 Å². The van der Waals surface area contributed by atoms with Gasteiger partial charge in [0.1, 0.15) is 0 Å². The van der Waals surface area contributed by atoms with Crippen LogP contribution in [-0.4, -0.2) is 42.3 Å². The second-order valence-corrected chi connectivity index (χ2v) is 8.64. The third-order valence-corrected chi connectivity index (χ3v) is 6.40. The fourth-order valence-electron chi connectivity index (χ4n) is 4.60. The van der Waals surface area contributed by atoms with E-state index in [4.69, 9.17) is 5.10 Å². The molecule has 3 nitrogen and oxygen atoms in total. The van der Waals surface area contributed by atoms with E-state index in [1.54, 1.807) is 0 Å². The fourth-order valence-corrected chi connectivity index (χ4v) is 4.60. The van der Waals surface area contributed by atoms with Gasteiger partial charge in [-0.15, -0.1) is 0 Å². The van der Waals surface area contributed by atoms with Crippen LogP contribution >= 0.6 is 0 Å². The maximum atomic E-state index is 4.91. The lowest BCUT2D eigenvalue weighted by Gasteiger charge is -2.33. The first-order chi connectivity index (χ1) is 15.2. The van der Waals surface area contributed by atoms with E-state index in [2.05, 4.69) is 103 Å². The third-order valence-electron chi connectivity index (χ3n) is 6.40. The second kappa shape index (κ2) is 8.52. The van der Waals surface area contributed by atoms with Gasteiger partial charge in [0, 0.05) is 38.3 Å². The summed E-state index contributed by atoms with van der Waals surface area (Å²) in [5, 5.41) is 12.2. The van der Waals surface area contributed by atoms with Crippen LogP contribution in [0.15, 0.2) is 77.9 Å². The van der Waals surface area contributed by atoms with Crippen LogP contribution in [0.2, 0.25) is 0 Å². The molecule has 1 saturated heterocycles. The maximum absolute atomic E-state index is 4.91. The first kappa shape index (κ1) is 19.8. The van der Waals surface area contributed by atoms with Gasteiger partial charge in [-0.2, -0.15) is 5.10 Å². The predicted molar refractivity (Wildman–Crippen MR) is 132 cm³/mol. The van der Waals surface area contributed by atoms with Crippen molar-refractivity contribution in [1.29, 1.82) is 0 Å². The molecular formula is C28H29N3. The van der Waals surface area contributed by atoms with Crippen molar-refractivity contribution < 1.29 is 0 Å². The number of hydrogen-bond donors (Lipinski definition) is 0. The fraction of sp³-hybridized carbons (Fsp3) is 0.250. The maximum Gasteiger partial charge on any atom is 0.0555 e. The van der Waals surface area contributed by atoms with Gasteiger partial charge in [-0.3, -0.25) is 9.91 Å². The highest BCUT2D eigenvalue weighted by molar-refractivity contribution is 6.13. The molecule has 0 aliphatic carbocycles. The molecule has 3 heteroatoms. The summed E-state index contributed by atoms with van der Waals surface area (Å²) in [5.74, 6) is 0. The Bertz CT molecular complexity index is 1200. The largest absolute Gasteiger partial charge is 0.295 e. The highest BCUT2D eigenvalue weighted by atomic mass is 15.5. The van der Waals surface area contributed by atoms with E-state index in [-0.39, 0.29) is 0 Å². The van der Waals surface area contributed by atoms with Gasteiger partial charge in [0.05, 0.1) is 6.21 Å². The van der Waals surface area contributed by atoms with Crippen molar-refractivity contribution in [2.75, 3.05) is 26.2 Å². The number of piperazine rings is 1. The number of fused-ring (bicyclic) bond motifs is 2. The zero-order chi connectivity index (χ0) is 21.2. The molecule has 4 aromatic rings. The summed E-state index contributed by atoms with van der Waals surface area (Å²) in [6, 6.07) is 26.3. The molecule has 0 bridgehead atoms. The molecule has 1 heterocycles. The molecule has 31 heavy (non-hydrogen) atoms. The average molecular weight is 408 g/mol. The lowest BCUT2D eigenvalue weighted by Crippen LogP contribution is -2.43. The first-order valence-corrected chi connectivity index (χ1v) is 11.2. The van der Waals surface area contributed by atoms with E-state index >= 15 is 0 Å². The van der Waals surface area contributed by atoms with Gasteiger partial charge in [-0.25, -0.2) is 0 Å². The molecule has 0 radical (unpaired) electrons. The molecule has 1 aliphatic rings. The van der Waals surface area contributed by atoms with Gasteiger partial charge in [0.2, 0.25) is 0 Å². The molecule has 0 atom stereocenters. The van der Waals surface area contributed by atoms with Crippen molar-refractivity contribution >= 4 is 27.8 Å². The summed E-state index contributed by atoms with van der Waals surface area (Å²) < 4.78 is 0. The van der Waals surface area contributed by atoms with Crippen LogP contribution in [-0.2, 0) is 6.54 Å². The molecule has 5 rings (SSSR count). The molecule has 4 aromatic carbocycles. The van der Waals surface area contributed by atoms with E-state index in [9.17, 15) is 0 Å². The molecule has 0 saturated carbocycles. The SMILES string of the molecule is Cc1ccc(CN2CCN(/N=C\c3c4ccccc4cc4ccccc34)CC2)c(C)c1. The van der Waals surface area contributed by atoms with Crippen LogP contribution in [0.1, 0.15) is 22.3 Å². The van der Waals surface area contributed by atoms with Crippen LogP contribution in [0.25, 0.3) is 21.5 Å². The van der Waals surface area contributed by atoms with Crippen molar-refractivity contribution in [3.8, 4) is 0 Å². The van der Waals surface area contributed by atoms with Gasteiger partial charge in [0.15, 0.2) is 0 Å². The Morgan fingerprint density at radius 3 is 2.06 bits per heavy atom. The summed E-state index contributed by atoms with van der Waals surface area (Å²) in [6.45, 7) is 9.41. The minimum Gasteiger partial charge on any atom is -0.295 e. The van der Waals surface area contributed by atoms with Crippen LogP contribution in [0, 0.1) is 13.8 Å². The average Bonchev–Trinajstić information content (AvgIpc) is 2.79. The van der Waals surface area contributed by atoms with E-state index in [1.807, 2.05) is 0 Å². The van der Waals surface area contributed by atoms with Crippen molar-refractivity contribution in [2.45, 2.75) is 20.4 Å². The minimum absolute atomic E-state index is 0.962. The van der Waals surface area contributed by atoms with Crippen molar-refractivity contribution in [1.82, 2.24) is 9.91 Å². The van der Waals surface area contributed by atoms with Crippen LogP contribution < -0.4 is 0 Å². The number of aryl methyl sites for hydroxylation is 2. The molecule has 1 fully saturated rings. The monoisotopic (exact) mass is 407 g/mol. The minimum atomic E-state index is 0.962. The molecule has 0 aromatic heterocycles. The summed E-state index contributed by atoms with van der Waals surface area (Å²) in [4.78, 5) is 2.54. The Kier molecular flexibility index (Phi) is 5.44. The summed E-state index contributed by atoms with van der Waals surface area (Å²) >= 11 is 0. The zero-order valence-corrected chi connectivity index (χ0v) is 18.4. The Balaban J connectivity index is 1.32. The summed E-state index contributed by atoms with van der Waals surface area (Å²) in [7, 11) is 0. The zero-order valence-electron chi connectivity index (χ0n) is 18.4. The molecule has 0 amide bonds.